The van der Waals surface area contributed by atoms with Crippen LogP contribution in [0.3, 0.4) is 0 Å². The van der Waals surface area contributed by atoms with Gasteiger partial charge in [0.25, 0.3) is 5.91 Å². The zero-order valence-corrected chi connectivity index (χ0v) is 12.5. The molecule has 5 nitrogen and oxygen atoms in total. The van der Waals surface area contributed by atoms with Gasteiger partial charge in [-0.3, -0.25) is 9.36 Å². The van der Waals surface area contributed by atoms with Crippen LogP contribution in [0.4, 0.5) is 0 Å². The number of H-pyrrole nitrogens is 1. The van der Waals surface area contributed by atoms with E-state index in [1.807, 2.05) is 60.7 Å². The molecule has 0 saturated heterocycles. The molecule has 1 amide bonds. The minimum atomic E-state index is -0.293. The Morgan fingerprint density at radius 2 is 1.57 bits per heavy atom. The van der Waals surface area contributed by atoms with Crippen molar-refractivity contribution >= 4 is 5.91 Å². The number of hydrogen-bond donors (Lipinski definition) is 2. The van der Waals surface area contributed by atoms with Crippen LogP contribution in [-0.4, -0.2) is 15.5 Å². The number of aromatic nitrogens is 2. The van der Waals surface area contributed by atoms with E-state index in [0.29, 0.717) is 18.8 Å². The van der Waals surface area contributed by atoms with Crippen molar-refractivity contribution in [2.24, 2.45) is 0 Å². The van der Waals surface area contributed by atoms with E-state index < -0.39 is 0 Å². The summed E-state index contributed by atoms with van der Waals surface area (Å²) in [6, 6.07) is 19.2. The predicted octanol–water partition coefficient (Wildman–Crippen LogP) is 2.15. The predicted molar refractivity (Wildman–Crippen MR) is 88.2 cm³/mol. The normalized spacial score (nSPS) is 10.4. The van der Waals surface area contributed by atoms with Crippen LogP contribution in [0, 0.1) is 0 Å². The second-order valence-corrected chi connectivity index (χ2v) is 5.22. The highest BCUT2D eigenvalue weighted by atomic mass is 16.2. The summed E-state index contributed by atoms with van der Waals surface area (Å²) in [5.41, 5.74) is 2.01. The van der Waals surface area contributed by atoms with E-state index in [-0.39, 0.29) is 11.6 Å². The number of nitrogens with one attached hydrogen (secondary N) is 2. The van der Waals surface area contributed by atoms with Gasteiger partial charge in [0, 0.05) is 12.7 Å². The maximum Gasteiger partial charge on any atom is 0.326 e. The average Bonchev–Trinajstić information content (AvgIpc) is 2.95. The third-order valence-electron chi connectivity index (χ3n) is 3.58. The summed E-state index contributed by atoms with van der Waals surface area (Å²) >= 11 is 0. The first-order valence-electron chi connectivity index (χ1n) is 7.38. The van der Waals surface area contributed by atoms with Crippen molar-refractivity contribution in [2.45, 2.75) is 13.1 Å². The summed E-state index contributed by atoms with van der Waals surface area (Å²) in [5, 5.41) is 2.84. The molecule has 0 bridgehead atoms. The third-order valence-corrected chi connectivity index (χ3v) is 3.58. The summed E-state index contributed by atoms with van der Waals surface area (Å²) in [4.78, 5) is 26.9. The third kappa shape index (κ3) is 3.58. The number of nitrogens with zero attached hydrogens (tertiary/aromatic N) is 1. The first kappa shape index (κ1) is 14.8. The molecule has 1 aromatic heterocycles. The highest BCUT2D eigenvalue weighted by Gasteiger charge is 2.14. The molecule has 2 N–H and O–H groups in total. The largest absolute Gasteiger partial charge is 0.347 e. The molecule has 23 heavy (non-hydrogen) atoms. The van der Waals surface area contributed by atoms with Gasteiger partial charge in [-0.2, -0.15) is 0 Å². The molecule has 0 spiro atoms. The van der Waals surface area contributed by atoms with Gasteiger partial charge in [0.2, 0.25) is 0 Å². The fraction of sp³-hybridized carbons (Fsp3) is 0.111. The molecule has 0 saturated carbocycles. The van der Waals surface area contributed by atoms with Crippen molar-refractivity contribution in [1.29, 1.82) is 0 Å². The van der Waals surface area contributed by atoms with Gasteiger partial charge in [0.15, 0.2) is 0 Å². The SMILES string of the molecule is O=C(NCc1ccccc1)c1c[nH]c(=O)n1Cc1ccccc1. The van der Waals surface area contributed by atoms with Gasteiger partial charge < -0.3 is 10.3 Å². The van der Waals surface area contributed by atoms with Gasteiger partial charge >= 0.3 is 5.69 Å². The number of benzene rings is 2. The molecule has 0 aliphatic rings. The van der Waals surface area contributed by atoms with E-state index >= 15 is 0 Å². The standard InChI is InChI=1S/C18H17N3O2/c22-17(19-11-14-7-3-1-4-8-14)16-12-20-18(23)21(16)13-15-9-5-2-6-10-15/h1-10,12H,11,13H2,(H,19,22)(H,20,23). The Balaban J connectivity index is 1.75. The van der Waals surface area contributed by atoms with E-state index in [0.717, 1.165) is 11.1 Å². The number of rotatable bonds is 5. The number of carbonyl (C=O) groups is 1. The van der Waals surface area contributed by atoms with Crippen LogP contribution in [0.15, 0.2) is 71.7 Å². The molecular formula is C18H17N3O2. The van der Waals surface area contributed by atoms with Gasteiger partial charge in [-0.25, -0.2) is 4.79 Å². The van der Waals surface area contributed by atoms with Crippen LogP contribution in [0.25, 0.3) is 0 Å². The van der Waals surface area contributed by atoms with E-state index in [1.54, 1.807) is 0 Å². The summed E-state index contributed by atoms with van der Waals surface area (Å²) in [6.07, 6.45) is 1.45. The molecule has 5 heteroatoms. The Kier molecular flexibility index (Phi) is 4.38. The van der Waals surface area contributed by atoms with Crippen LogP contribution in [-0.2, 0) is 13.1 Å². The van der Waals surface area contributed by atoms with Gasteiger partial charge in [-0.1, -0.05) is 60.7 Å². The Bertz CT molecular complexity index is 835. The summed E-state index contributed by atoms with van der Waals surface area (Å²) in [7, 11) is 0. The Labute approximate surface area is 133 Å². The Morgan fingerprint density at radius 1 is 0.957 bits per heavy atom. The van der Waals surface area contributed by atoms with Crippen LogP contribution < -0.4 is 11.0 Å². The number of amides is 1. The molecule has 3 aromatic rings. The lowest BCUT2D eigenvalue weighted by Gasteiger charge is -2.08. The molecule has 3 rings (SSSR count). The van der Waals surface area contributed by atoms with Crippen molar-refractivity contribution < 1.29 is 4.79 Å². The minimum Gasteiger partial charge on any atom is -0.347 e. The van der Waals surface area contributed by atoms with Crippen molar-refractivity contribution in [1.82, 2.24) is 14.9 Å². The smallest absolute Gasteiger partial charge is 0.326 e. The molecule has 0 unspecified atom stereocenters. The van der Waals surface area contributed by atoms with Crippen molar-refractivity contribution in [3.8, 4) is 0 Å². The number of imidazole rings is 1. The van der Waals surface area contributed by atoms with Gasteiger partial charge in [-0.15, -0.1) is 0 Å². The first-order chi connectivity index (χ1) is 11.2. The molecule has 116 valence electrons. The number of carbonyl (C=O) groups excluding carboxylic acids is 1. The highest BCUT2D eigenvalue weighted by Crippen LogP contribution is 2.05. The zero-order valence-electron chi connectivity index (χ0n) is 12.5. The lowest BCUT2D eigenvalue weighted by atomic mass is 10.2. The van der Waals surface area contributed by atoms with Crippen LogP contribution in [0.1, 0.15) is 21.6 Å². The summed E-state index contributed by atoms with van der Waals surface area (Å²) in [5.74, 6) is -0.275. The van der Waals surface area contributed by atoms with Crippen LogP contribution in [0.5, 0.6) is 0 Å². The highest BCUT2D eigenvalue weighted by molar-refractivity contribution is 5.92. The van der Waals surface area contributed by atoms with Gasteiger partial charge in [0.05, 0.1) is 6.54 Å². The van der Waals surface area contributed by atoms with E-state index in [1.165, 1.54) is 10.8 Å². The maximum absolute atomic E-state index is 12.4. The quantitative estimate of drug-likeness (QED) is 0.758. The van der Waals surface area contributed by atoms with Crippen LogP contribution in [0.2, 0.25) is 0 Å². The molecule has 1 heterocycles. The minimum absolute atomic E-state index is 0.275. The lowest BCUT2D eigenvalue weighted by molar-refractivity contribution is 0.0941. The van der Waals surface area contributed by atoms with Gasteiger partial charge in [-0.05, 0) is 11.1 Å². The second-order valence-electron chi connectivity index (χ2n) is 5.22. The molecular weight excluding hydrogens is 290 g/mol. The van der Waals surface area contributed by atoms with Crippen molar-refractivity contribution in [3.63, 3.8) is 0 Å². The first-order valence-corrected chi connectivity index (χ1v) is 7.38. The fourth-order valence-corrected chi connectivity index (χ4v) is 2.38. The van der Waals surface area contributed by atoms with Crippen LogP contribution >= 0.6 is 0 Å². The average molecular weight is 307 g/mol. The molecule has 2 aromatic carbocycles. The monoisotopic (exact) mass is 307 g/mol. The van der Waals surface area contributed by atoms with Crippen molar-refractivity contribution in [2.75, 3.05) is 0 Å². The topological polar surface area (TPSA) is 66.9 Å². The number of hydrogen-bond acceptors (Lipinski definition) is 2. The molecule has 0 fully saturated rings. The second kappa shape index (κ2) is 6.79. The molecule has 0 radical (unpaired) electrons. The Hall–Kier alpha value is -3.08. The molecule has 0 atom stereocenters. The molecule has 0 aliphatic carbocycles. The molecule has 0 aliphatic heterocycles. The zero-order chi connectivity index (χ0) is 16.1. The summed E-state index contributed by atoms with van der Waals surface area (Å²) < 4.78 is 1.44. The summed E-state index contributed by atoms with van der Waals surface area (Å²) in [6.45, 7) is 0.779. The van der Waals surface area contributed by atoms with E-state index in [9.17, 15) is 9.59 Å². The maximum atomic E-state index is 12.4. The van der Waals surface area contributed by atoms with E-state index in [2.05, 4.69) is 10.3 Å². The number of aromatic amines is 1. The lowest BCUT2D eigenvalue weighted by Crippen LogP contribution is -2.29. The van der Waals surface area contributed by atoms with Gasteiger partial charge in [0.1, 0.15) is 5.69 Å². The fourth-order valence-electron chi connectivity index (χ4n) is 2.38. The van der Waals surface area contributed by atoms with Crippen molar-refractivity contribution in [3.05, 3.63) is 94.2 Å². The van der Waals surface area contributed by atoms with E-state index in [4.69, 9.17) is 0 Å². The Morgan fingerprint density at radius 3 is 2.22 bits per heavy atom.